The second-order valence-corrected chi connectivity index (χ2v) is 11.1. The summed E-state index contributed by atoms with van der Waals surface area (Å²) in [6.45, 7) is 3.56. The molecule has 6 nitrogen and oxygen atoms in total. The Kier molecular flexibility index (Phi) is 5.92. The predicted octanol–water partition coefficient (Wildman–Crippen LogP) is 6.80. The van der Waals surface area contributed by atoms with Gasteiger partial charge in [-0.15, -0.1) is 0 Å². The zero-order chi connectivity index (χ0) is 25.6. The fourth-order valence-corrected chi connectivity index (χ4v) is 6.56. The zero-order valence-corrected chi connectivity index (χ0v) is 21.8. The minimum atomic E-state index is 0.213. The van der Waals surface area contributed by atoms with Gasteiger partial charge in [-0.2, -0.15) is 0 Å². The number of aromatic nitrogens is 4. The van der Waals surface area contributed by atoms with Crippen LogP contribution in [0.15, 0.2) is 60.8 Å². The van der Waals surface area contributed by atoms with Crippen molar-refractivity contribution in [2.75, 3.05) is 13.2 Å². The predicted molar refractivity (Wildman–Crippen MR) is 147 cm³/mol. The van der Waals surface area contributed by atoms with Gasteiger partial charge in [-0.3, -0.25) is 14.8 Å². The van der Waals surface area contributed by atoms with Crippen molar-refractivity contribution in [1.29, 1.82) is 0 Å². The van der Waals surface area contributed by atoms with Crippen molar-refractivity contribution in [3.05, 3.63) is 77.9 Å². The Morgan fingerprint density at radius 1 is 0.947 bits per heavy atom. The molecule has 1 saturated heterocycles. The van der Waals surface area contributed by atoms with E-state index in [-0.39, 0.29) is 5.78 Å². The number of ether oxygens (including phenoxy) is 1. The van der Waals surface area contributed by atoms with Crippen LogP contribution in [0.25, 0.3) is 33.9 Å². The van der Waals surface area contributed by atoms with E-state index < -0.39 is 0 Å². The van der Waals surface area contributed by atoms with Crippen LogP contribution in [0.2, 0.25) is 0 Å². The fraction of sp³-hybridized carbons (Fsp3) is 0.375. The van der Waals surface area contributed by atoms with E-state index in [4.69, 9.17) is 19.7 Å². The van der Waals surface area contributed by atoms with Crippen molar-refractivity contribution in [2.24, 2.45) is 5.92 Å². The molecule has 38 heavy (non-hydrogen) atoms. The molecule has 192 valence electrons. The Morgan fingerprint density at radius 2 is 1.79 bits per heavy atom. The third-order valence-electron chi connectivity index (χ3n) is 8.56. The molecule has 2 unspecified atom stereocenters. The van der Waals surface area contributed by atoms with E-state index in [1.54, 1.807) is 0 Å². The summed E-state index contributed by atoms with van der Waals surface area (Å²) in [4.78, 5) is 27.6. The fourth-order valence-electron chi connectivity index (χ4n) is 6.56. The summed E-state index contributed by atoms with van der Waals surface area (Å²) in [5.41, 5.74) is 7.82. The summed E-state index contributed by atoms with van der Waals surface area (Å²) in [6.07, 6.45) is 8.06. The molecular weight excluding hydrogens is 472 g/mol. The molecule has 1 aromatic carbocycles. The van der Waals surface area contributed by atoms with E-state index >= 15 is 0 Å². The van der Waals surface area contributed by atoms with Crippen LogP contribution in [0, 0.1) is 12.8 Å². The molecule has 0 N–H and O–H groups in total. The van der Waals surface area contributed by atoms with Gasteiger partial charge in [0.25, 0.3) is 0 Å². The maximum absolute atomic E-state index is 12.9. The lowest BCUT2D eigenvalue weighted by atomic mass is 9.91. The number of carbonyl (C=O) groups excluding carboxylic acids is 1. The first-order valence-corrected chi connectivity index (χ1v) is 13.9. The summed E-state index contributed by atoms with van der Waals surface area (Å²) in [6, 6.07) is 18.8. The smallest absolute Gasteiger partial charge is 0.163 e. The van der Waals surface area contributed by atoms with E-state index in [2.05, 4.69) is 28.8 Å². The molecule has 2 atom stereocenters. The van der Waals surface area contributed by atoms with Gasteiger partial charge in [-0.25, -0.2) is 4.98 Å². The van der Waals surface area contributed by atoms with Crippen LogP contribution in [0.1, 0.15) is 72.4 Å². The molecule has 7 rings (SSSR count). The number of aryl methyl sites for hydroxylation is 1. The monoisotopic (exact) mass is 504 g/mol. The minimum Gasteiger partial charge on any atom is -0.381 e. The number of carbonyl (C=O) groups is 1. The van der Waals surface area contributed by atoms with Crippen molar-refractivity contribution >= 4 is 5.78 Å². The van der Waals surface area contributed by atoms with Crippen LogP contribution >= 0.6 is 0 Å². The highest BCUT2D eigenvalue weighted by atomic mass is 16.5. The van der Waals surface area contributed by atoms with Crippen molar-refractivity contribution in [2.45, 2.75) is 57.4 Å². The summed E-state index contributed by atoms with van der Waals surface area (Å²) in [5.74, 6) is 2.40. The van der Waals surface area contributed by atoms with E-state index in [9.17, 15) is 4.79 Å². The standard InChI is InChI=1S/C32H32N4O2/c1-20-3-2-4-27(34-20)30-31(36-26-10-9-25(18-26)32(36)35-30)24-11-14-33-28(19-24)22-5-7-23(8-6-22)29(37)17-21-12-15-38-16-13-21/h2-8,11,14,19,21,25-26H,9-10,12-13,15-18H2,1H3. The molecule has 1 aliphatic carbocycles. The molecule has 3 aliphatic rings. The van der Waals surface area contributed by atoms with Crippen LogP contribution in [-0.4, -0.2) is 38.5 Å². The van der Waals surface area contributed by atoms with Gasteiger partial charge < -0.3 is 9.30 Å². The maximum atomic E-state index is 12.9. The first kappa shape index (κ1) is 23.5. The molecule has 0 radical (unpaired) electrons. The highest BCUT2D eigenvalue weighted by Gasteiger charge is 2.41. The third-order valence-corrected chi connectivity index (χ3v) is 8.56. The highest BCUT2D eigenvalue weighted by Crippen LogP contribution is 2.52. The number of rotatable bonds is 6. The minimum absolute atomic E-state index is 0.213. The Bertz CT molecular complexity index is 1500. The van der Waals surface area contributed by atoms with Crippen LogP contribution in [0.5, 0.6) is 0 Å². The summed E-state index contributed by atoms with van der Waals surface area (Å²) in [7, 11) is 0. The van der Waals surface area contributed by atoms with Gasteiger partial charge in [0, 0.05) is 60.2 Å². The Morgan fingerprint density at radius 3 is 2.61 bits per heavy atom. The Labute approximate surface area is 223 Å². The SMILES string of the molecule is Cc1cccc(-c2nc3n(c2-c2ccnc(-c4ccc(C(=O)CC5CCOCC5)cc4)c2)C2CCC3C2)n1. The summed E-state index contributed by atoms with van der Waals surface area (Å²) >= 11 is 0. The maximum Gasteiger partial charge on any atom is 0.163 e. The quantitative estimate of drug-likeness (QED) is 0.270. The second-order valence-electron chi connectivity index (χ2n) is 11.1. The van der Waals surface area contributed by atoms with Crippen molar-refractivity contribution < 1.29 is 9.53 Å². The van der Waals surface area contributed by atoms with Gasteiger partial charge in [0.05, 0.1) is 17.1 Å². The molecular formula is C32H32N4O2. The van der Waals surface area contributed by atoms with Crippen LogP contribution in [0.3, 0.4) is 0 Å². The first-order valence-electron chi connectivity index (χ1n) is 13.9. The summed E-state index contributed by atoms with van der Waals surface area (Å²) in [5, 5.41) is 0. The number of benzene rings is 1. The molecule has 2 bridgehead atoms. The van der Waals surface area contributed by atoms with Crippen molar-refractivity contribution in [3.63, 3.8) is 0 Å². The van der Waals surface area contributed by atoms with E-state index in [0.717, 1.165) is 71.2 Å². The van der Waals surface area contributed by atoms with Crippen molar-refractivity contribution in [3.8, 4) is 33.9 Å². The molecule has 5 heterocycles. The summed E-state index contributed by atoms with van der Waals surface area (Å²) < 4.78 is 7.91. The number of hydrogen-bond acceptors (Lipinski definition) is 5. The lowest BCUT2D eigenvalue weighted by Crippen LogP contribution is -2.18. The van der Waals surface area contributed by atoms with Gasteiger partial charge in [0.2, 0.25) is 0 Å². The van der Waals surface area contributed by atoms with Crippen molar-refractivity contribution in [1.82, 2.24) is 19.5 Å². The number of hydrogen-bond donors (Lipinski definition) is 0. The number of Topliss-reactive ketones (excluding diaryl/α,β-unsaturated/α-hetero) is 1. The van der Waals surface area contributed by atoms with Crippen LogP contribution in [0.4, 0.5) is 0 Å². The lowest BCUT2D eigenvalue weighted by molar-refractivity contribution is 0.0601. The topological polar surface area (TPSA) is 69.9 Å². The lowest BCUT2D eigenvalue weighted by Gasteiger charge is -2.21. The molecule has 4 aromatic rings. The number of ketones is 1. The Hall–Kier alpha value is -3.64. The number of pyridine rings is 2. The second kappa shape index (κ2) is 9.59. The third kappa shape index (κ3) is 4.17. The highest BCUT2D eigenvalue weighted by molar-refractivity contribution is 5.96. The molecule has 3 aromatic heterocycles. The number of imidazole rings is 1. The van der Waals surface area contributed by atoms with Gasteiger partial charge in [0.1, 0.15) is 11.5 Å². The Balaban J connectivity index is 1.22. The van der Waals surface area contributed by atoms with E-state index in [1.807, 2.05) is 43.5 Å². The molecule has 2 fully saturated rings. The van der Waals surface area contributed by atoms with Gasteiger partial charge in [-0.05, 0) is 69.2 Å². The molecule has 2 aliphatic heterocycles. The van der Waals surface area contributed by atoms with Gasteiger partial charge >= 0.3 is 0 Å². The zero-order valence-electron chi connectivity index (χ0n) is 21.8. The average molecular weight is 505 g/mol. The largest absolute Gasteiger partial charge is 0.381 e. The van der Waals surface area contributed by atoms with E-state index in [0.29, 0.717) is 24.3 Å². The molecule has 0 amide bonds. The van der Waals surface area contributed by atoms with Gasteiger partial charge in [0.15, 0.2) is 5.78 Å². The van der Waals surface area contributed by atoms with Crippen LogP contribution < -0.4 is 0 Å². The van der Waals surface area contributed by atoms with Gasteiger partial charge in [-0.1, -0.05) is 30.3 Å². The average Bonchev–Trinajstić information content (AvgIpc) is 3.67. The van der Waals surface area contributed by atoms with E-state index in [1.165, 1.54) is 25.1 Å². The molecule has 0 spiro atoms. The number of fused-ring (bicyclic) bond motifs is 5. The normalized spacial score (nSPS) is 20.6. The first-order chi connectivity index (χ1) is 18.6. The molecule has 1 saturated carbocycles. The van der Waals surface area contributed by atoms with Crippen LogP contribution in [-0.2, 0) is 4.74 Å². The number of nitrogens with zero attached hydrogens (tertiary/aromatic N) is 4. The molecule has 6 heteroatoms.